The van der Waals surface area contributed by atoms with E-state index >= 15 is 0 Å². The number of nitrogens with one attached hydrogen (secondary N) is 1. The van der Waals surface area contributed by atoms with E-state index in [0.29, 0.717) is 5.92 Å². The summed E-state index contributed by atoms with van der Waals surface area (Å²) < 4.78 is 0. The molecule has 0 aromatic heterocycles. The maximum Gasteiger partial charge on any atom is 0.227 e. The summed E-state index contributed by atoms with van der Waals surface area (Å²) in [5.74, 6) is 2.01. The summed E-state index contributed by atoms with van der Waals surface area (Å²) in [5.41, 5.74) is 2.24. The zero-order chi connectivity index (χ0) is 12.5. The van der Waals surface area contributed by atoms with Crippen molar-refractivity contribution >= 4 is 11.6 Å². The summed E-state index contributed by atoms with van der Waals surface area (Å²) in [7, 11) is 0. The van der Waals surface area contributed by atoms with Crippen LogP contribution in [-0.4, -0.2) is 5.91 Å². The first-order valence-corrected chi connectivity index (χ1v) is 7.16. The molecule has 1 aromatic carbocycles. The Labute approximate surface area is 109 Å². The van der Waals surface area contributed by atoms with Gasteiger partial charge in [-0.25, -0.2) is 0 Å². The van der Waals surface area contributed by atoms with Crippen molar-refractivity contribution in [3.05, 3.63) is 29.8 Å². The zero-order valence-electron chi connectivity index (χ0n) is 11.0. The standard InChI is InChI=1S/C16H21NO/c1-2-12-5-3-4-6-15(12)17-16(18)14-10-11-7-8-13(14)9-11/h3-6,11,13-14H,2,7-10H2,1H3,(H,17,18)/t11-,13+,14-/m1/s1. The van der Waals surface area contributed by atoms with Crippen molar-refractivity contribution in [2.24, 2.45) is 17.8 Å². The Hall–Kier alpha value is -1.31. The third-order valence-corrected chi connectivity index (χ3v) is 4.73. The fourth-order valence-electron chi connectivity index (χ4n) is 3.74. The number of fused-ring (bicyclic) bond motifs is 2. The number of hydrogen-bond donors (Lipinski definition) is 1. The third kappa shape index (κ3) is 2.05. The van der Waals surface area contributed by atoms with Gasteiger partial charge < -0.3 is 5.32 Å². The number of aryl methyl sites for hydroxylation is 1. The molecule has 2 fully saturated rings. The van der Waals surface area contributed by atoms with Gasteiger partial charge in [0.1, 0.15) is 0 Å². The number of rotatable bonds is 3. The molecule has 2 aliphatic rings. The molecule has 0 spiro atoms. The van der Waals surface area contributed by atoms with Crippen LogP contribution in [-0.2, 0) is 11.2 Å². The predicted molar refractivity (Wildman–Crippen MR) is 73.4 cm³/mol. The minimum absolute atomic E-state index is 0.253. The first-order valence-electron chi connectivity index (χ1n) is 7.16. The molecule has 0 heterocycles. The molecule has 1 amide bonds. The smallest absolute Gasteiger partial charge is 0.227 e. The molecule has 2 nitrogen and oxygen atoms in total. The van der Waals surface area contributed by atoms with Crippen LogP contribution in [0.2, 0.25) is 0 Å². The molecule has 0 unspecified atom stereocenters. The number of hydrogen-bond acceptors (Lipinski definition) is 1. The highest BCUT2D eigenvalue weighted by atomic mass is 16.1. The highest BCUT2D eigenvalue weighted by molar-refractivity contribution is 5.93. The number of para-hydroxylation sites is 1. The van der Waals surface area contributed by atoms with E-state index in [4.69, 9.17) is 0 Å². The lowest BCUT2D eigenvalue weighted by Crippen LogP contribution is -2.27. The van der Waals surface area contributed by atoms with Crippen molar-refractivity contribution in [3.63, 3.8) is 0 Å². The summed E-state index contributed by atoms with van der Waals surface area (Å²) in [6.45, 7) is 2.13. The van der Waals surface area contributed by atoms with Crippen LogP contribution in [0.15, 0.2) is 24.3 Å². The second kappa shape index (κ2) is 4.75. The van der Waals surface area contributed by atoms with E-state index in [1.54, 1.807) is 0 Å². The summed E-state index contributed by atoms with van der Waals surface area (Å²) >= 11 is 0. The lowest BCUT2D eigenvalue weighted by atomic mass is 9.88. The van der Waals surface area contributed by atoms with Gasteiger partial charge in [0.25, 0.3) is 0 Å². The van der Waals surface area contributed by atoms with Gasteiger partial charge in [-0.15, -0.1) is 0 Å². The quantitative estimate of drug-likeness (QED) is 0.863. The molecular weight excluding hydrogens is 222 g/mol. The molecule has 0 saturated heterocycles. The van der Waals surface area contributed by atoms with Crippen molar-refractivity contribution in [2.75, 3.05) is 5.32 Å². The minimum atomic E-state index is 0.253. The van der Waals surface area contributed by atoms with Gasteiger partial charge >= 0.3 is 0 Å². The fraction of sp³-hybridized carbons (Fsp3) is 0.562. The van der Waals surface area contributed by atoms with Gasteiger partial charge in [0, 0.05) is 11.6 Å². The minimum Gasteiger partial charge on any atom is -0.326 e. The Morgan fingerprint density at radius 2 is 2.11 bits per heavy atom. The summed E-state index contributed by atoms with van der Waals surface area (Å²) in [5, 5.41) is 3.15. The molecular formula is C16H21NO. The van der Waals surface area contributed by atoms with E-state index < -0.39 is 0 Å². The first kappa shape index (κ1) is 11.8. The molecule has 0 radical (unpaired) electrons. The number of amides is 1. The molecule has 2 heteroatoms. The monoisotopic (exact) mass is 243 g/mol. The van der Waals surface area contributed by atoms with Crippen LogP contribution in [0.3, 0.4) is 0 Å². The normalized spacial score (nSPS) is 29.5. The molecule has 96 valence electrons. The SMILES string of the molecule is CCc1ccccc1NC(=O)[C@@H]1C[C@@H]2CC[C@H]1C2. The third-order valence-electron chi connectivity index (χ3n) is 4.73. The average molecular weight is 243 g/mol. The van der Waals surface area contributed by atoms with E-state index in [1.165, 1.54) is 24.8 Å². The van der Waals surface area contributed by atoms with E-state index in [1.807, 2.05) is 18.2 Å². The van der Waals surface area contributed by atoms with Crippen LogP contribution in [0, 0.1) is 17.8 Å². The molecule has 2 saturated carbocycles. The van der Waals surface area contributed by atoms with Gasteiger partial charge in [-0.2, -0.15) is 0 Å². The zero-order valence-corrected chi connectivity index (χ0v) is 11.0. The van der Waals surface area contributed by atoms with Crippen molar-refractivity contribution in [2.45, 2.75) is 39.0 Å². The Balaban J connectivity index is 1.71. The molecule has 3 rings (SSSR count). The average Bonchev–Trinajstić information content (AvgIpc) is 3.01. The summed E-state index contributed by atoms with van der Waals surface area (Å²) in [6.07, 6.45) is 5.98. The Morgan fingerprint density at radius 1 is 1.28 bits per heavy atom. The van der Waals surface area contributed by atoms with Gasteiger partial charge in [-0.3, -0.25) is 4.79 Å². The largest absolute Gasteiger partial charge is 0.326 e. The van der Waals surface area contributed by atoms with E-state index in [-0.39, 0.29) is 11.8 Å². The summed E-state index contributed by atoms with van der Waals surface area (Å²) in [6, 6.07) is 8.14. The predicted octanol–water partition coefficient (Wildman–Crippen LogP) is 3.62. The van der Waals surface area contributed by atoms with Crippen LogP contribution in [0.4, 0.5) is 5.69 Å². The van der Waals surface area contributed by atoms with Crippen LogP contribution >= 0.6 is 0 Å². The molecule has 18 heavy (non-hydrogen) atoms. The van der Waals surface area contributed by atoms with Gasteiger partial charge in [0.2, 0.25) is 5.91 Å². The van der Waals surface area contributed by atoms with E-state index in [0.717, 1.165) is 24.4 Å². The summed E-state index contributed by atoms with van der Waals surface area (Å²) in [4.78, 5) is 12.4. The van der Waals surface area contributed by atoms with Gasteiger partial charge in [0.15, 0.2) is 0 Å². The van der Waals surface area contributed by atoms with E-state index in [2.05, 4.69) is 18.3 Å². The van der Waals surface area contributed by atoms with E-state index in [9.17, 15) is 4.79 Å². The molecule has 1 N–H and O–H groups in total. The van der Waals surface area contributed by atoms with Crippen LogP contribution < -0.4 is 5.32 Å². The van der Waals surface area contributed by atoms with Crippen molar-refractivity contribution in [1.29, 1.82) is 0 Å². The lowest BCUT2D eigenvalue weighted by Gasteiger charge is -2.21. The first-order chi connectivity index (χ1) is 8.78. The molecule has 1 aromatic rings. The molecule has 3 atom stereocenters. The topological polar surface area (TPSA) is 29.1 Å². The van der Waals surface area contributed by atoms with Gasteiger partial charge in [-0.05, 0) is 49.1 Å². The van der Waals surface area contributed by atoms with Gasteiger partial charge in [-0.1, -0.05) is 31.5 Å². The number of anilines is 1. The molecule has 2 aliphatic carbocycles. The van der Waals surface area contributed by atoms with Crippen molar-refractivity contribution in [3.8, 4) is 0 Å². The Kier molecular flexibility index (Phi) is 3.11. The number of benzene rings is 1. The molecule has 2 bridgehead atoms. The van der Waals surface area contributed by atoms with Crippen LogP contribution in [0.25, 0.3) is 0 Å². The second-order valence-electron chi connectivity index (χ2n) is 5.78. The second-order valence-corrected chi connectivity index (χ2v) is 5.78. The molecule has 0 aliphatic heterocycles. The Bertz CT molecular complexity index is 454. The van der Waals surface area contributed by atoms with Crippen molar-refractivity contribution in [1.82, 2.24) is 0 Å². The number of carbonyl (C=O) groups excluding carboxylic acids is 1. The van der Waals surface area contributed by atoms with Crippen LogP contribution in [0.1, 0.15) is 38.2 Å². The fourth-order valence-corrected chi connectivity index (χ4v) is 3.74. The van der Waals surface area contributed by atoms with Crippen molar-refractivity contribution < 1.29 is 4.79 Å². The number of carbonyl (C=O) groups is 1. The van der Waals surface area contributed by atoms with Gasteiger partial charge in [0.05, 0.1) is 0 Å². The lowest BCUT2D eigenvalue weighted by molar-refractivity contribution is -0.121. The maximum absolute atomic E-state index is 12.4. The highest BCUT2D eigenvalue weighted by Crippen LogP contribution is 2.48. The maximum atomic E-state index is 12.4. The Morgan fingerprint density at radius 3 is 2.78 bits per heavy atom. The van der Waals surface area contributed by atoms with Crippen LogP contribution in [0.5, 0.6) is 0 Å². The highest BCUT2D eigenvalue weighted by Gasteiger charge is 2.43.